The van der Waals surface area contributed by atoms with Crippen molar-refractivity contribution < 1.29 is 0 Å². The minimum Gasteiger partial charge on any atom is -0.261 e. The molecule has 1 aliphatic rings. The van der Waals surface area contributed by atoms with Crippen molar-refractivity contribution in [3.8, 4) is 0 Å². The molecule has 2 rings (SSSR count). The molecule has 68 valence electrons. The van der Waals surface area contributed by atoms with Crippen LogP contribution in [0.1, 0.15) is 25.0 Å². The van der Waals surface area contributed by atoms with Gasteiger partial charge in [0.25, 0.3) is 0 Å². The van der Waals surface area contributed by atoms with Crippen molar-refractivity contribution in [1.29, 1.82) is 0 Å². The molecule has 13 heavy (non-hydrogen) atoms. The highest BCUT2D eigenvalue weighted by atomic mass is 14.7. The summed E-state index contributed by atoms with van der Waals surface area (Å²) < 4.78 is 0. The lowest BCUT2D eigenvalue weighted by Gasteiger charge is -2.15. The first-order chi connectivity index (χ1) is 6.45. The zero-order valence-corrected chi connectivity index (χ0v) is 7.82. The second-order valence-corrected chi connectivity index (χ2v) is 3.64. The van der Waals surface area contributed by atoms with E-state index in [9.17, 15) is 0 Å². The van der Waals surface area contributed by atoms with Gasteiger partial charge in [-0.25, -0.2) is 0 Å². The highest BCUT2D eigenvalue weighted by molar-refractivity contribution is 5.07. The quantitative estimate of drug-likeness (QED) is 0.626. The largest absolute Gasteiger partial charge is 0.261 e. The molecule has 0 saturated carbocycles. The second-order valence-electron chi connectivity index (χ2n) is 3.64. The van der Waals surface area contributed by atoms with Crippen molar-refractivity contribution in [3.63, 3.8) is 0 Å². The number of allylic oxidation sites excluding steroid dienone is 2. The molecular formula is C12H15N. The molecule has 0 radical (unpaired) electrons. The lowest BCUT2D eigenvalue weighted by atomic mass is 9.92. The van der Waals surface area contributed by atoms with Crippen LogP contribution in [0.3, 0.4) is 0 Å². The Morgan fingerprint density at radius 3 is 3.08 bits per heavy atom. The van der Waals surface area contributed by atoms with Gasteiger partial charge in [0.15, 0.2) is 0 Å². The van der Waals surface area contributed by atoms with Crippen LogP contribution in [-0.4, -0.2) is 4.98 Å². The standard InChI is InChI=1S/C12H15N/c1-2-6-11(7-3-1)10-12-8-4-5-9-13-12/h2,4-6,8-9,11H,1,3,7,10H2. The van der Waals surface area contributed by atoms with Crippen LogP contribution >= 0.6 is 0 Å². The van der Waals surface area contributed by atoms with E-state index >= 15 is 0 Å². The van der Waals surface area contributed by atoms with Gasteiger partial charge in [-0.3, -0.25) is 4.98 Å². The normalized spacial score (nSPS) is 21.7. The van der Waals surface area contributed by atoms with Gasteiger partial charge in [-0.2, -0.15) is 0 Å². The van der Waals surface area contributed by atoms with Crippen molar-refractivity contribution in [2.24, 2.45) is 5.92 Å². The Morgan fingerprint density at radius 1 is 1.38 bits per heavy atom. The molecule has 1 aromatic heterocycles. The third-order valence-electron chi connectivity index (χ3n) is 2.55. The van der Waals surface area contributed by atoms with Crippen LogP contribution in [0.2, 0.25) is 0 Å². The molecule has 1 heteroatoms. The van der Waals surface area contributed by atoms with Crippen molar-refractivity contribution in [3.05, 3.63) is 42.2 Å². The maximum absolute atomic E-state index is 4.34. The van der Waals surface area contributed by atoms with Crippen LogP contribution in [-0.2, 0) is 6.42 Å². The van der Waals surface area contributed by atoms with Gasteiger partial charge >= 0.3 is 0 Å². The van der Waals surface area contributed by atoms with E-state index in [2.05, 4.69) is 29.3 Å². The number of hydrogen-bond acceptors (Lipinski definition) is 1. The van der Waals surface area contributed by atoms with Gasteiger partial charge in [0, 0.05) is 11.9 Å². The van der Waals surface area contributed by atoms with Crippen LogP contribution < -0.4 is 0 Å². The fourth-order valence-corrected chi connectivity index (χ4v) is 1.84. The molecule has 0 spiro atoms. The summed E-state index contributed by atoms with van der Waals surface area (Å²) in [5.41, 5.74) is 1.22. The van der Waals surface area contributed by atoms with E-state index in [1.165, 1.54) is 25.0 Å². The Kier molecular flexibility index (Phi) is 2.75. The van der Waals surface area contributed by atoms with Crippen molar-refractivity contribution in [1.82, 2.24) is 4.98 Å². The third-order valence-corrected chi connectivity index (χ3v) is 2.55. The summed E-state index contributed by atoms with van der Waals surface area (Å²) in [7, 11) is 0. The first kappa shape index (κ1) is 8.49. The Morgan fingerprint density at radius 2 is 2.38 bits per heavy atom. The highest BCUT2D eigenvalue weighted by Crippen LogP contribution is 2.20. The zero-order valence-electron chi connectivity index (χ0n) is 7.82. The zero-order chi connectivity index (χ0) is 8.93. The molecule has 0 aliphatic heterocycles. The molecule has 0 amide bonds. The summed E-state index contributed by atoms with van der Waals surface area (Å²) in [5.74, 6) is 0.726. The van der Waals surface area contributed by atoms with Gasteiger partial charge in [-0.15, -0.1) is 0 Å². The second kappa shape index (κ2) is 4.22. The van der Waals surface area contributed by atoms with Crippen molar-refractivity contribution >= 4 is 0 Å². The summed E-state index contributed by atoms with van der Waals surface area (Å²) in [6.45, 7) is 0. The van der Waals surface area contributed by atoms with Crippen molar-refractivity contribution in [2.45, 2.75) is 25.7 Å². The molecule has 1 heterocycles. The van der Waals surface area contributed by atoms with E-state index < -0.39 is 0 Å². The summed E-state index contributed by atoms with van der Waals surface area (Å²) in [5, 5.41) is 0. The van der Waals surface area contributed by atoms with E-state index in [4.69, 9.17) is 0 Å². The average Bonchev–Trinajstić information content (AvgIpc) is 2.21. The Hall–Kier alpha value is -1.11. The predicted molar refractivity (Wildman–Crippen MR) is 54.4 cm³/mol. The molecule has 1 nitrogen and oxygen atoms in total. The monoisotopic (exact) mass is 173 g/mol. The van der Waals surface area contributed by atoms with Crippen molar-refractivity contribution in [2.75, 3.05) is 0 Å². The fraction of sp³-hybridized carbons (Fsp3) is 0.417. The van der Waals surface area contributed by atoms with Gasteiger partial charge in [-0.1, -0.05) is 18.2 Å². The van der Waals surface area contributed by atoms with Crippen LogP contribution in [0.4, 0.5) is 0 Å². The summed E-state index contributed by atoms with van der Waals surface area (Å²) >= 11 is 0. The van der Waals surface area contributed by atoms with E-state index in [0.29, 0.717) is 0 Å². The Balaban J connectivity index is 1.98. The summed E-state index contributed by atoms with van der Waals surface area (Å²) in [6, 6.07) is 6.15. The van der Waals surface area contributed by atoms with Crippen LogP contribution in [0, 0.1) is 5.92 Å². The number of aromatic nitrogens is 1. The van der Waals surface area contributed by atoms with Gasteiger partial charge in [0.1, 0.15) is 0 Å². The molecule has 0 N–H and O–H groups in total. The minimum absolute atomic E-state index is 0.726. The van der Waals surface area contributed by atoms with Gasteiger partial charge in [0.2, 0.25) is 0 Å². The van der Waals surface area contributed by atoms with Gasteiger partial charge < -0.3 is 0 Å². The van der Waals surface area contributed by atoms with E-state index in [0.717, 1.165) is 12.3 Å². The summed E-state index contributed by atoms with van der Waals surface area (Å²) in [6.07, 6.45) is 11.6. The molecular weight excluding hydrogens is 158 g/mol. The first-order valence-corrected chi connectivity index (χ1v) is 5.02. The third kappa shape index (κ3) is 2.41. The topological polar surface area (TPSA) is 12.9 Å². The molecule has 0 aromatic carbocycles. The van der Waals surface area contributed by atoms with Crippen LogP contribution in [0.25, 0.3) is 0 Å². The first-order valence-electron chi connectivity index (χ1n) is 5.02. The molecule has 0 saturated heterocycles. The molecule has 1 aliphatic carbocycles. The summed E-state index contributed by atoms with van der Waals surface area (Å²) in [4.78, 5) is 4.34. The average molecular weight is 173 g/mol. The smallest absolute Gasteiger partial charge is 0.0409 e. The molecule has 1 aromatic rings. The fourth-order valence-electron chi connectivity index (χ4n) is 1.84. The molecule has 1 atom stereocenters. The highest BCUT2D eigenvalue weighted by Gasteiger charge is 2.08. The predicted octanol–water partition coefficient (Wildman–Crippen LogP) is 2.98. The Labute approximate surface area is 79.5 Å². The molecule has 1 unspecified atom stereocenters. The van der Waals surface area contributed by atoms with Gasteiger partial charge in [-0.05, 0) is 43.7 Å². The number of pyridine rings is 1. The Bertz CT molecular complexity index is 276. The number of hydrogen-bond donors (Lipinski definition) is 0. The van der Waals surface area contributed by atoms with Crippen LogP contribution in [0.5, 0.6) is 0 Å². The van der Waals surface area contributed by atoms with E-state index in [1.807, 2.05) is 12.3 Å². The maximum Gasteiger partial charge on any atom is 0.0409 e. The van der Waals surface area contributed by atoms with E-state index in [-0.39, 0.29) is 0 Å². The number of rotatable bonds is 2. The SMILES string of the molecule is C1=CC(Cc2ccccn2)CCC1. The maximum atomic E-state index is 4.34. The lowest BCUT2D eigenvalue weighted by molar-refractivity contribution is 0.533. The lowest BCUT2D eigenvalue weighted by Crippen LogP contribution is -2.05. The van der Waals surface area contributed by atoms with Gasteiger partial charge in [0.05, 0.1) is 0 Å². The van der Waals surface area contributed by atoms with E-state index in [1.54, 1.807) is 0 Å². The molecule has 0 bridgehead atoms. The number of nitrogens with zero attached hydrogens (tertiary/aromatic N) is 1. The van der Waals surface area contributed by atoms with Crippen LogP contribution in [0.15, 0.2) is 36.5 Å². The molecule has 0 fully saturated rings. The minimum atomic E-state index is 0.726.